The minimum absolute atomic E-state index is 0.0187. The van der Waals surface area contributed by atoms with Crippen LogP contribution in [-0.4, -0.2) is 90.5 Å². The number of aliphatic carboxylic acids is 1. The van der Waals surface area contributed by atoms with Crippen molar-refractivity contribution in [1.82, 2.24) is 10.6 Å². The third-order valence-corrected chi connectivity index (χ3v) is 7.10. The summed E-state index contributed by atoms with van der Waals surface area (Å²) in [5, 5.41) is 43.8. The molecule has 14 heteroatoms. The van der Waals surface area contributed by atoms with E-state index in [2.05, 4.69) is 10.6 Å². The Labute approximate surface area is 248 Å². The molecule has 43 heavy (non-hydrogen) atoms. The van der Waals surface area contributed by atoms with Gasteiger partial charge in [0.25, 0.3) is 0 Å². The van der Waals surface area contributed by atoms with Crippen molar-refractivity contribution < 1.29 is 48.7 Å². The molecule has 0 bridgehead atoms. The van der Waals surface area contributed by atoms with E-state index in [0.717, 1.165) is 22.1 Å². The van der Waals surface area contributed by atoms with Crippen LogP contribution in [-0.2, 0) is 23.8 Å². The topological polar surface area (TPSA) is 223 Å². The van der Waals surface area contributed by atoms with E-state index >= 15 is 0 Å². The monoisotopic (exact) mass is 602 g/mol. The Morgan fingerprint density at radius 2 is 1.86 bits per heavy atom. The highest BCUT2D eigenvalue weighted by atomic mass is 16.6. The quantitative estimate of drug-likeness (QED) is 0.0743. The molecule has 0 aromatic heterocycles. The molecule has 0 aliphatic carbocycles. The fourth-order valence-electron chi connectivity index (χ4n) is 4.62. The number of aliphatic hydroxyl groups excluding tert-OH is 2. The predicted octanol–water partition coefficient (Wildman–Crippen LogP) is 1.19. The molecule has 1 aliphatic rings. The van der Waals surface area contributed by atoms with Crippen molar-refractivity contribution in [2.45, 2.75) is 50.5 Å². The number of amides is 1. The number of aliphatic hydroxyl groups is 2. The summed E-state index contributed by atoms with van der Waals surface area (Å²) in [6.45, 7) is 2.62. The van der Waals surface area contributed by atoms with Gasteiger partial charge in [-0.25, -0.2) is 9.59 Å². The molecule has 1 aliphatic heterocycles. The van der Waals surface area contributed by atoms with E-state index < -0.39 is 72.5 Å². The van der Waals surface area contributed by atoms with Crippen LogP contribution in [0, 0.1) is 11.3 Å². The Bertz CT molecular complexity index is 1350. The lowest BCUT2D eigenvalue weighted by atomic mass is 9.87. The average molecular weight is 603 g/mol. The molecule has 0 radical (unpaired) electrons. The van der Waals surface area contributed by atoms with E-state index in [-0.39, 0.29) is 19.6 Å². The number of carboxylic acids is 1. The first-order valence-corrected chi connectivity index (χ1v) is 13.6. The number of fused-ring (bicyclic) bond motifs is 1. The van der Waals surface area contributed by atoms with Crippen molar-refractivity contribution >= 4 is 34.8 Å². The van der Waals surface area contributed by atoms with Gasteiger partial charge in [-0.2, -0.15) is 0 Å². The van der Waals surface area contributed by atoms with Crippen molar-refractivity contribution in [2.24, 2.45) is 11.7 Å². The smallest absolute Gasteiger partial charge is 0.407 e. The molecule has 234 valence electrons. The van der Waals surface area contributed by atoms with Gasteiger partial charge in [-0.15, -0.1) is 0 Å². The van der Waals surface area contributed by atoms with Gasteiger partial charge >= 0.3 is 18.0 Å². The number of ether oxygens (including phenoxy) is 4. The number of nitrogens with two attached hydrogens (primary N) is 1. The third kappa shape index (κ3) is 8.72. The van der Waals surface area contributed by atoms with Crippen LogP contribution in [0.4, 0.5) is 4.79 Å². The van der Waals surface area contributed by atoms with E-state index in [4.69, 9.17) is 30.1 Å². The molecular formula is C29H38N4O10. The number of esters is 1. The molecule has 6 atom stereocenters. The fraction of sp³-hybridized carbons (Fsp3) is 0.448. The minimum atomic E-state index is -1.61. The zero-order valence-corrected chi connectivity index (χ0v) is 24.1. The summed E-state index contributed by atoms with van der Waals surface area (Å²) in [6, 6.07) is 10.5. The number of benzene rings is 2. The molecule has 1 unspecified atom stereocenters. The highest BCUT2D eigenvalue weighted by molar-refractivity contribution is 5.87. The SMILES string of the molecule is COc1ccc2cc([C@H](C)C(=O)OCCCNC(=O)O[C@@H](C3OC(C(=O)O)=C[C@H](NC(=N)N)[C@H]3C)[C@H](O)CO)ccc2c1. The second-order valence-electron chi connectivity index (χ2n) is 10.1. The zero-order chi connectivity index (χ0) is 31.7. The number of carbonyl (C=O) groups excluding carboxylic acids is 2. The highest BCUT2D eigenvalue weighted by Gasteiger charge is 2.43. The molecule has 0 saturated carbocycles. The Kier molecular flexibility index (Phi) is 11.5. The number of methoxy groups -OCH3 is 1. The lowest BCUT2D eigenvalue weighted by Crippen LogP contribution is -2.56. The van der Waals surface area contributed by atoms with Crippen LogP contribution >= 0.6 is 0 Å². The molecule has 0 spiro atoms. The van der Waals surface area contributed by atoms with Crippen LogP contribution in [0.3, 0.4) is 0 Å². The number of alkyl carbamates (subject to hydrolysis) is 1. The molecule has 2 aromatic carbocycles. The van der Waals surface area contributed by atoms with Crippen molar-refractivity contribution in [2.75, 3.05) is 26.9 Å². The lowest BCUT2D eigenvalue weighted by Gasteiger charge is -2.39. The second kappa shape index (κ2) is 15.1. The summed E-state index contributed by atoms with van der Waals surface area (Å²) in [4.78, 5) is 36.7. The van der Waals surface area contributed by atoms with Gasteiger partial charge < -0.3 is 50.6 Å². The maximum atomic E-state index is 12.6. The van der Waals surface area contributed by atoms with E-state index in [0.29, 0.717) is 0 Å². The van der Waals surface area contributed by atoms with Gasteiger partial charge in [0.1, 0.15) is 18.0 Å². The normalized spacial score (nSPS) is 20.0. The molecule has 1 amide bonds. The first-order chi connectivity index (χ1) is 20.4. The summed E-state index contributed by atoms with van der Waals surface area (Å²) in [6.07, 6.45) is -3.79. The maximum Gasteiger partial charge on any atom is 0.407 e. The second-order valence-corrected chi connectivity index (χ2v) is 10.1. The van der Waals surface area contributed by atoms with E-state index in [1.807, 2.05) is 36.4 Å². The Hall–Kier alpha value is -4.56. The summed E-state index contributed by atoms with van der Waals surface area (Å²) in [5.41, 5.74) is 6.19. The lowest BCUT2D eigenvalue weighted by molar-refractivity contribution is -0.147. The van der Waals surface area contributed by atoms with Crippen LogP contribution in [0.25, 0.3) is 10.8 Å². The Morgan fingerprint density at radius 1 is 1.16 bits per heavy atom. The molecule has 1 heterocycles. The van der Waals surface area contributed by atoms with Crippen LogP contribution in [0.15, 0.2) is 48.2 Å². The van der Waals surface area contributed by atoms with Crippen LogP contribution in [0.2, 0.25) is 0 Å². The first kappa shape index (κ1) is 32.9. The summed E-state index contributed by atoms with van der Waals surface area (Å²) >= 11 is 0. The number of rotatable bonds is 13. The standard InChI is InChI=1S/C29H38N4O10/c1-15(17-5-6-19-12-20(40-3)8-7-18(19)11-17)27(38)41-10-4-9-32-29(39)43-25(22(35)14-34)24-16(2)21(33-28(30)31)13-23(42-24)26(36)37/h5-8,11-13,15-16,21-22,24-25,34-35H,4,9-10,14H2,1-3H3,(H,32,39)(H,36,37)(H4,30,31,33)/t15-,16+,21-,22+,24?,25+/m0/s1. The van der Waals surface area contributed by atoms with Gasteiger partial charge in [-0.3, -0.25) is 10.2 Å². The van der Waals surface area contributed by atoms with Gasteiger partial charge in [0.05, 0.1) is 32.3 Å². The maximum absolute atomic E-state index is 12.6. The summed E-state index contributed by atoms with van der Waals surface area (Å²) < 4.78 is 21.4. The number of nitrogens with one attached hydrogen (secondary N) is 3. The van der Waals surface area contributed by atoms with Crippen molar-refractivity contribution in [3.05, 3.63) is 53.8 Å². The predicted molar refractivity (Wildman–Crippen MR) is 154 cm³/mol. The summed E-state index contributed by atoms with van der Waals surface area (Å²) in [7, 11) is 1.60. The largest absolute Gasteiger partial charge is 0.497 e. The van der Waals surface area contributed by atoms with Crippen LogP contribution in [0.1, 0.15) is 31.7 Å². The van der Waals surface area contributed by atoms with Gasteiger partial charge in [0, 0.05) is 12.5 Å². The highest BCUT2D eigenvalue weighted by Crippen LogP contribution is 2.29. The van der Waals surface area contributed by atoms with Crippen LogP contribution in [0.5, 0.6) is 5.75 Å². The van der Waals surface area contributed by atoms with Gasteiger partial charge in [0.2, 0.25) is 5.76 Å². The summed E-state index contributed by atoms with van der Waals surface area (Å²) in [5.74, 6) is -3.19. The third-order valence-electron chi connectivity index (χ3n) is 7.10. The first-order valence-electron chi connectivity index (χ1n) is 13.6. The van der Waals surface area contributed by atoms with Crippen molar-refractivity contribution in [3.8, 4) is 5.75 Å². The number of hydrogen-bond donors (Lipinski definition) is 7. The van der Waals surface area contributed by atoms with Gasteiger partial charge in [-0.1, -0.05) is 31.2 Å². The minimum Gasteiger partial charge on any atom is -0.497 e. The van der Waals surface area contributed by atoms with Crippen molar-refractivity contribution in [1.29, 1.82) is 5.41 Å². The molecule has 2 aromatic rings. The molecule has 8 N–H and O–H groups in total. The molecule has 3 rings (SSSR count). The number of carboxylic acid groups (broad SMARTS) is 1. The average Bonchev–Trinajstić information content (AvgIpc) is 2.99. The number of hydrogen-bond acceptors (Lipinski definition) is 10. The Balaban J connectivity index is 1.51. The molecular weight excluding hydrogens is 564 g/mol. The number of guanidine groups is 1. The van der Waals surface area contributed by atoms with E-state index in [1.54, 1.807) is 21.0 Å². The van der Waals surface area contributed by atoms with Gasteiger partial charge in [0.15, 0.2) is 12.1 Å². The Morgan fingerprint density at radius 3 is 2.51 bits per heavy atom. The van der Waals surface area contributed by atoms with E-state index in [1.165, 1.54) is 6.08 Å². The molecule has 0 fully saturated rings. The molecule has 14 nitrogen and oxygen atoms in total. The zero-order valence-electron chi connectivity index (χ0n) is 24.1. The van der Waals surface area contributed by atoms with Crippen LogP contribution < -0.4 is 21.1 Å². The molecule has 0 saturated heterocycles. The van der Waals surface area contributed by atoms with Gasteiger partial charge in [-0.05, 0) is 47.9 Å². The number of carbonyl (C=O) groups is 3. The van der Waals surface area contributed by atoms with Crippen molar-refractivity contribution in [3.63, 3.8) is 0 Å². The fourth-order valence-corrected chi connectivity index (χ4v) is 4.62. The van der Waals surface area contributed by atoms with E-state index in [9.17, 15) is 29.7 Å².